The maximum Gasteiger partial charge on any atom is 0.166 e. The summed E-state index contributed by atoms with van der Waals surface area (Å²) in [6.07, 6.45) is 1.50. The molecule has 0 unspecified atom stereocenters. The van der Waals surface area contributed by atoms with Gasteiger partial charge in [0, 0.05) is 24.6 Å². The van der Waals surface area contributed by atoms with Gasteiger partial charge in [0.2, 0.25) is 0 Å². The fourth-order valence-corrected chi connectivity index (χ4v) is 2.49. The zero-order valence-corrected chi connectivity index (χ0v) is 10.7. The molecule has 1 aliphatic rings. The molecule has 19 heavy (non-hydrogen) atoms. The molecular formula is C14H18F2N2O. The molecule has 2 N–H and O–H groups in total. The Morgan fingerprint density at radius 1 is 1.26 bits per heavy atom. The minimum atomic E-state index is -0.966. The molecule has 3 nitrogen and oxygen atoms in total. The third-order valence-electron chi connectivity index (χ3n) is 3.61. The maximum atomic E-state index is 13.1. The summed E-state index contributed by atoms with van der Waals surface area (Å²) >= 11 is 0. The summed E-state index contributed by atoms with van der Waals surface area (Å²) in [5.74, 6) is -2.08. The second-order valence-corrected chi connectivity index (χ2v) is 4.90. The number of ketones is 1. The molecule has 1 saturated heterocycles. The molecule has 1 aliphatic heterocycles. The number of nitrogens with two attached hydrogens (primary N) is 1. The van der Waals surface area contributed by atoms with Gasteiger partial charge in [-0.05, 0) is 44.1 Å². The smallest absolute Gasteiger partial charge is 0.166 e. The Bertz CT molecular complexity index is 457. The van der Waals surface area contributed by atoms with Crippen LogP contribution in [-0.4, -0.2) is 36.9 Å². The fourth-order valence-electron chi connectivity index (χ4n) is 2.49. The first-order valence-electron chi connectivity index (χ1n) is 6.53. The molecule has 0 aliphatic carbocycles. The lowest BCUT2D eigenvalue weighted by Gasteiger charge is -2.30. The van der Waals surface area contributed by atoms with Gasteiger partial charge in [-0.3, -0.25) is 4.79 Å². The number of nitrogens with zero attached hydrogens (tertiary/aromatic N) is 1. The van der Waals surface area contributed by atoms with Crippen molar-refractivity contribution in [3.63, 3.8) is 0 Å². The molecule has 1 aromatic carbocycles. The Morgan fingerprint density at radius 3 is 2.53 bits per heavy atom. The molecule has 0 aromatic heterocycles. The summed E-state index contributed by atoms with van der Waals surface area (Å²) in [5, 5.41) is 0. The van der Waals surface area contributed by atoms with Crippen LogP contribution in [-0.2, 0) is 0 Å². The van der Waals surface area contributed by atoms with E-state index < -0.39 is 11.6 Å². The van der Waals surface area contributed by atoms with Crippen LogP contribution < -0.4 is 5.73 Å². The summed E-state index contributed by atoms with van der Waals surface area (Å²) in [6.45, 7) is 3.11. The zero-order valence-electron chi connectivity index (χ0n) is 10.7. The molecule has 5 heteroatoms. The van der Waals surface area contributed by atoms with Crippen LogP contribution in [0.3, 0.4) is 0 Å². The number of carbonyl (C=O) groups is 1. The maximum absolute atomic E-state index is 13.1. The van der Waals surface area contributed by atoms with E-state index in [2.05, 4.69) is 4.90 Å². The predicted octanol–water partition coefficient (Wildman–Crippen LogP) is 1.82. The Kier molecular flexibility index (Phi) is 4.61. The first kappa shape index (κ1) is 14.1. The number of likely N-dealkylation sites (tertiary alicyclic amines) is 1. The number of benzene rings is 1. The van der Waals surface area contributed by atoms with Crippen molar-refractivity contribution in [2.24, 2.45) is 11.7 Å². The van der Waals surface area contributed by atoms with Gasteiger partial charge in [-0.1, -0.05) is 0 Å². The van der Waals surface area contributed by atoms with Crippen molar-refractivity contribution in [1.82, 2.24) is 4.90 Å². The van der Waals surface area contributed by atoms with E-state index in [-0.39, 0.29) is 17.3 Å². The largest absolute Gasteiger partial charge is 0.329 e. The Hall–Kier alpha value is -1.33. The summed E-state index contributed by atoms with van der Waals surface area (Å²) in [4.78, 5) is 14.4. The highest BCUT2D eigenvalue weighted by Crippen LogP contribution is 2.22. The van der Waals surface area contributed by atoms with Crippen molar-refractivity contribution in [1.29, 1.82) is 0 Å². The molecule has 0 bridgehead atoms. The van der Waals surface area contributed by atoms with Crippen molar-refractivity contribution in [3.8, 4) is 0 Å². The van der Waals surface area contributed by atoms with E-state index in [9.17, 15) is 13.6 Å². The molecule has 0 saturated carbocycles. The normalized spacial score (nSPS) is 17.6. The monoisotopic (exact) mass is 268 g/mol. The highest BCUT2D eigenvalue weighted by Gasteiger charge is 2.25. The lowest BCUT2D eigenvalue weighted by molar-refractivity contribution is 0.0842. The molecule has 0 spiro atoms. The number of Topliss-reactive ketones (excluding diaryl/α,β-unsaturated/α-hetero) is 1. The number of piperidine rings is 1. The summed E-state index contributed by atoms with van der Waals surface area (Å²) in [6, 6.07) is 3.35. The van der Waals surface area contributed by atoms with Gasteiger partial charge in [-0.25, -0.2) is 8.78 Å². The van der Waals surface area contributed by atoms with Gasteiger partial charge in [0.05, 0.1) is 0 Å². The third kappa shape index (κ3) is 3.36. The van der Waals surface area contributed by atoms with Crippen LogP contribution in [0.2, 0.25) is 0 Å². The number of rotatable bonds is 4. The van der Waals surface area contributed by atoms with Crippen molar-refractivity contribution in [2.45, 2.75) is 12.8 Å². The third-order valence-corrected chi connectivity index (χ3v) is 3.61. The zero-order chi connectivity index (χ0) is 13.8. The van der Waals surface area contributed by atoms with Crippen molar-refractivity contribution in [3.05, 3.63) is 35.4 Å². The lowest BCUT2D eigenvalue weighted by Crippen LogP contribution is -2.39. The van der Waals surface area contributed by atoms with Gasteiger partial charge >= 0.3 is 0 Å². The van der Waals surface area contributed by atoms with Crippen LogP contribution >= 0.6 is 0 Å². The van der Waals surface area contributed by atoms with Crippen molar-refractivity contribution >= 4 is 5.78 Å². The van der Waals surface area contributed by atoms with Crippen LogP contribution in [0.15, 0.2) is 18.2 Å². The molecule has 104 valence electrons. The molecule has 0 amide bonds. The summed E-state index contributed by atoms with van der Waals surface area (Å²) in [7, 11) is 0. The topological polar surface area (TPSA) is 46.3 Å². The van der Waals surface area contributed by atoms with E-state index >= 15 is 0 Å². The number of hydrogen-bond donors (Lipinski definition) is 1. The van der Waals surface area contributed by atoms with E-state index in [1.165, 1.54) is 6.07 Å². The van der Waals surface area contributed by atoms with Crippen molar-refractivity contribution in [2.75, 3.05) is 26.2 Å². The van der Waals surface area contributed by atoms with Crippen LogP contribution in [0.4, 0.5) is 8.78 Å². The first-order valence-corrected chi connectivity index (χ1v) is 6.53. The van der Waals surface area contributed by atoms with Crippen molar-refractivity contribution < 1.29 is 13.6 Å². The molecule has 1 heterocycles. The van der Waals surface area contributed by atoms with Crippen LogP contribution in [0.1, 0.15) is 23.2 Å². The number of halogens is 2. The quantitative estimate of drug-likeness (QED) is 0.847. The molecule has 0 radical (unpaired) electrons. The molecule has 1 fully saturated rings. The number of hydrogen-bond acceptors (Lipinski definition) is 3. The van der Waals surface area contributed by atoms with Gasteiger partial charge in [-0.15, -0.1) is 0 Å². The van der Waals surface area contributed by atoms with E-state index in [0.29, 0.717) is 6.54 Å². The van der Waals surface area contributed by atoms with E-state index in [4.69, 9.17) is 5.73 Å². The van der Waals surface area contributed by atoms with Gasteiger partial charge in [-0.2, -0.15) is 0 Å². The Balaban J connectivity index is 1.99. The Morgan fingerprint density at radius 2 is 1.95 bits per heavy atom. The van der Waals surface area contributed by atoms with Crippen LogP contribution in [0.25, 0.3) is 0 Å². The minimum absolute atomic E-state index is 0.0914. The second kappa shape index (κ2) is 6.21. The van der Waals surface area contributed by atoms with Gasteiger partial charge in [0.1, 0.15) is 0 Å². The molecule has 2 rings (SSSR count). The lowest BCUT2D eigenvalue weighted by atomic mass is 9.89. The van der Waals surface area contributed by atoms with Crippen LogP contribution in [0, 0.1) is 17.6 Å². The second-order valence-electron chi connectivity index (χ2n) is 4.90. The predicted molar refractivity (Wildman–Crippen MR) is 68.9 cm³/mol. The molecular weight excluding hydrogens is 250 g/mol. The van der Waals surface area contributed by atoms with Gasteiger partial charge in [0.25, 0.3) is 0 Å². The van der Waals surface area contributed by atoms with E-state index in [1.54, 1.807) is 0 Å². The number of carbonyl (C=O) groups excluding carboxylic acids is 1. The molecule has 1 aromatic rings. The average Bonchev–Trinajstić information content (AvgIpc) is 2.42. The van der Waals surface area contributed by atoms with E-state index in [1.807, 2.05) is 0 Å². The first-order chi connectivity index (χ1) is 9.11. The van der Waals surface area contributed by atoms with Gasteiger partial charge < -0.3 is 10.6 Å². The molecule has 0 atom stereocenters. The average molecular weight is 268 g/mol. The fraction of sp³-hybridized carbons (Fsp3) is 0.500. The highest BCUT2D eigenvalue weighted by atomic mass is 19.2. The highest BCUT2D eigenvalue weighted by molar-refractivity contribution is 5.97. The SMILES string of the molecule is NCCN1CCC(C(=O)c2ccc(F)c(F)c2)CC1. The summed E-state index contributed by atoms with van der Waals surface area (Å²) < 4.78 is 26.0. The summed E-state index contributed by atoms with van der Waals surface area (Å²) in [5.41, 5.74) is 5.75. The van der Waals surface area contributed by atoms with Crippen LogP contribution in [0.5, 0.6) is 0 Å². The Labute approximate surface area is 111 Å². The van der Waals surface area contributed by atoms with E-state index in [0.717, 1.165) is 44.6 Å². The van der Waals surface area contributed by atoms with Gasteiger partial charge in [0.15, 0.2) is 17.4 Å². The standard InChI is InChI=1S/C14H18F2N2O/c15-12-2-1-11(9-13(12)16)14(19)10-3-6-18(7-4-10)8-5-17/h1-2,9-10H,3-8,17H2. The minimum Gasteiger partial charge on any atom is -0.329 e.